The number of hydrogen-bond donors (Lipinski definition) is 1. The van der Waals surface area contributed by atoms with Crippen LogP contribution in [0.5, 0.6) is 5.75 Å². The van der Waals surface area contributed by atoms with Gasteiger partial charge in [-0.05, 0) is 36.2 Å². The summed E-state index contributed by atoms with van der Waals surface area (Å²) in [6, 6.07) is 14.9. The molecule has 2 aromatic rings. The summed E-state index contributed by atoms with van der Waals surface area (Å²) in [5, 5.41) is 2.95. The molecule has 0 aliphatic carbocycles. The van der Waals surface area contributed by atoms with Crippen molar-refractivity contribution >= 4 is 5.91 Å². The molecule has 0 saturated carbocycles. The zero-order chi connectivity index (χ0) is 18.2. The van der Waals surface area contributed by atoms with Gasteiger partial charge in [0.05, 0.1) is 13.7 Å². The summed E-state index contributed by atoms with van der Waals surface area (Å²) >= 11 is 0. The molecule has 0 fully saturated rings. The van der Waals surface area contributed by atoms with E-state index in [0.717, 1.165) is 5.56 Å². The number of carbonyl (C=O) groups excluding carboxylic acids is 1. The van der Waals surface area contributed by atoms with Gasteiger partial charge in [0.25, 0.3) is 0 Å². The van der Waals surface area contributed by atoms with E-state index in [4.69, 9.17) is 4.74 Å². The van der Waals surface area contributed by atoms with Crippen molar-refractivity contribution in [2.24, 2.45) is 0 Å². The maximum Gasteiger partial charge on any atom is 0.234 e. The fourth-order valence-corrected chi connectivity index (χ4v) is 2.64. The lowest BCUT2D eigenvalue weighted by Gasteiger charge is -2.18. The molecule has 0 aliphatic heterocycles. The molecule has 0 heterocycles. The Hall–Kier alpha value is -2.40. The van der Waals surface area contributed by atoms with E-state index in [0.29, 0.717) is 13.1 Å². The molecular weight excluding hydrogens is 319 g/mol. The molecule has 0 aliphatic rings. The number of methoxy groups -OCH3 is 1. The first-order chi connectivity index (χ1) is 12.0. The van der Waals surface area contributed by atoms with Crippen LogP contribution in [0.3, 0.4) is 0 Å². The maximum atomic E-state index is 13.7. The lowest BCUT2D eigenvalue weighted by atomic mass is 10.0. The van der Waals surface area contributed by atoms with Crippen LogP contribution in [-0.4, -0.2) is 38.1 Å². The zero-order valence-electron chi connectivity index (χ0n) is 15.0. The Bertz CT molecular complexity index is 691. The van der Waals surface area contributed by atoms with Crippen LogP contribution >= 0.6 is 0 Å². The highest BCUT2D eigenvalue weighted by Gasteiger charge is 2.11. The third-order valence-electron chi connectivity index (χ3n) is 4.06. The van der Waals surface area contributed by atoms with Crippen LogP contribution in [0.2, 0.25) is 0 Å². The van der Waals surface area contributed by atoms with Crippen molar-refractivity contribution in [2.75, 3.05) is 27.2 Å². The van der Waals surface area contributed by atoms with Gasteiger partial charge in [-0.3, -0.25) is 9.69 Å². The quantitative estimate of drug-likeness (QED) is 0.800. The van der Waals surface area contributed by atoms with E-state index in [2.05, 4.69) is 24.4 Å². The summed E-state index contributed by atoms with van der Waals surface area (Å²) in [6.45, 7) is 3.42. The summed E-state index contributed by atoms with van der Waals surface area (Å²) < 4.78 is 18.6. The molecule has 4 nitrogen and oxygen atoms in total. The number of hydrogen-bond acceptors (Lipinski definition) is 3. The summed E-state index contributed by atoms with van der Waals surface area (Å²) in [5.74, 6) is 0.0407. The molecule has 5 heteroatoms. The van der Waals surface area contributed by atoms with Crippen molar-refractivity contribution in [3.63, 3.8) is 0 Å². The first-order valence-corrected chi connectivity index (χ1v) is 8.32. The Balaban J connectivity index is 1.79. The molecule has 25 heavy (non-hydrogen) atoms. The monoisotopic (exact) mass is 344 g/mol. The van der Waals surface area contributed by atoms with Crippen molar-refractivity contribution in [1.29, 1.82) is 0 Å². The molecule has 2 aromatic carbocycles. The van der Waals surface area contributed by atoms with Crippen LogP contribution in [0.1, 0.15) is 24.0 Å². The Morgan fingerprint density at radius 2 is 1.96 bits per heavy atom. The van der Waals surface area contributed by atoms with Gasteiger partial charge in [0.2, 0.25) is 5.91 Å². The normalized spacial score (nSPS) is 12.0. The minimum atomic E-state index is -0.394. The van der Waals surface area contributed by atoms with E-state index >= 15 is 0 Å². The number of likely N-dealkylation sites (N-methyl/N-ethyl adjacent to an activating group) is 1. The lowest BCUT2D eigenvalue weighted by molar-refractivity contribution is -0.122. The largest absolute Gasteiger partial charge is 0.494 e. The number of rotatable bonds is 8. The Morgan fingerprint density at radius 1 is 1.24 bits per heavy atom. The van der Waals surface area contributed by atoms with Crippen molar-refractivity contribution in [3.8, 4) is 5.75 Å². The van der Waals surface area contributed by atoms with Gasteiger partial charge in [-0.1, -0.05) is 43.3 Å². The van der Waals surface area contributed by atoms with E-state index in [1.807, 2.05) is 30.1 Å². The van der Waals surface area contributed by atoms with Gasteiger partial charge < -0.3 is 10.1 Å². The Morgan fingerprint density at radius 3 is 2.60 bits per heavy atom. The second kappa shape index (κ2) is 9.18. The van der Waals surface area contributed by atoms with E-state index in [9.17, 15) is 9.18 Å². The first kappa shape index (κ1) is 18.9. The van der Waals surface area contributed by atoms with Crippen LogP contribution in [-0.2, 0) is 11.3 Å². The molecule has 1 amide bonds. The fourth-order valence-electron chi connectivity index (χ4n) is 2.64. The van der Waals surface area contributed by atoms with Gasteiger partial charge in [0.15, 0.2) is 11.6 Å². The Labute approximate surface area is 148 Å². The zero-order valence-corrected chi connectivity index (χ0v) is 15.0. The smallest absolute Gasteiger partial charge is 0.234 e. The number of nitrogens with one attached hydrogen (secondary N) is 1. The molecule has 0 spiro atoms. The number of carbonyl (C=O) groups is 1. The predicted molar refractivity (Wildman–Crippen MR) is 97.2 cm³/mol. The topological polar surface area (TPSA) is 41.6 Å². The molecule has 0 aromatic heterocycles. The van der Waals surface area contributed by atoms with Crippen LogP contribution in [0.4, 0.5) is 4.39 Å². The Kier molecular flexibility index (Phi) is 6.95. The summed E-state index contributed by atoms with van der Waals surface area (Å²) in [6.07, 6.45) is 0. The van der Waals surface area contributed by atoms with Crippen molar-refractivity contribution in [2.45, 2.75) is 19.4 Å². The lowest BCUT2D eigenvalue weighted by Crippen LogP contribution is -2.36. The third-order valence-corrected chi connectivity index (χ3v) is 4.06. The highest BCUT2D eigenvalue weighted by Crippen LogP contribution is 2.18. The van der Waals surface area contributed by atoms with Crippen molar-refractivity contribution in [1.82, 2.24) is 10.2 Å². The van der Waals surface area contributed by atoms with E-state index in [-0.39, 0.29) is 24.1 Å². The molecule has 134 valence electrons. The van der Waals surface area contributed by atoms with E-state index in [1.54, 1.807) is 12.1 Å². The number of nitrogens with zero attached hydrogens (tertiary/aromatic N) is 1. The average molecular weight is 344 g/mol. The maximum absolute atomic E-state index is 13.7. The number of ether oxygens (including phenoxy) is 1. The SMILES string of the molecule is COc1ccc(CN(C)CC(=O)NCC(C)c2ccccc2)cc1F. The van der Waals surface area contributed by atoms with Crippen molar-refractivity contribution in [3.05, 3.63) is 65.5 Å². The number of amides is 1. The molecule has 1 N–H and O–H groups in total. The highest BCUT2D eigenvalue weighted by atomic mass is 19.1. The van der Waals surface area contributed by atoms with Gasteiger partial charge in [0.1, 0.15) is 0 Å². The molecule has 1 unspecified atom stereocenters. The van der Waals surface area contributed by atoms with Gasteiger partial charge in [0, 0.05) is 13.1 Å². The van der Waals surface area contributed by atoms with Gasteiger partial charge in [-0.25, -0.2) is 4.39 Å². The molecular formula is C20H25FN2O2. The fraction of sp³-hybridized carbons (Fsp3) is 0.350. The summed E-state index contributed by atoms with van der Waals surface area (Å²) in [4.78, 5) is 14.0. The van der Waals surface area contributed by atoms with E-state index < -0.39 is 5.82 Å². The van der Waals surface area contributed by atoms with Gasteiger partial charge >= 0.3 is 0 Å². The first-order valence-electron chi connectivity index (χ1n) is 8.32. The molecule has 0 radical (unpaired) electrons. The second-order valence-electron chi connectivity index (χ2n) is 6.26. The van der Waals surface area contributed by atoms with Crippen LogP contribution in [0.25, 0.3) is 0 Å². The van der Waals surface area contributed by atoms with Gasteiger partial charge in [-0.2, -0.15) is 0 Å². The predicted octanol–water partition coefficient (Wildman–Crippen LogP) is 3.19. The summed E-state index contributed by atoms with van der Waals surface area (Å²) in [5.41, 5.74) is 2.00. The number of halogens is 1. The second-order valence-corrected chi connectivity index (χ2v) is 6.26. The standard InChI is InChI=1S/C20H25FN2O2/c1-15(17-7-5-4-6-8-17)12-22-20(24)14-23(2)13-16-9-10-19(25-3)18(21)11-16/h4-11,15H,12-14H2,1-3H3,(H,22,24). The molecule has 0 bridgehead atoms. The third kappa shape index (κ3) is 5.87. The minimum absolute atomic E-state index is 0.0423. The van der Waals surface area contributed by atoms with Gasteiger partial charge in [-0.15, -0.1) is 0 Å². The summed E-state index contributed by atoms with van der Waals surface area (Å²) in [7, 11) is 3.27. The number of benzene rings is 2. The van der Waals surface area contributed by atoms with Crippen LogP contribution in [0, 0.1) is 5.82 Å². The molecule has 1 atom stereocenters. The molecule has 2 rings (SSSR count). The van der Waals surface area contributed by atoms with E-state index in [1.165, 1.54) is 18.7 Å². The van der Waals surface area contributed by atoms with Crippen LogP contribution in [0.15, 0.2) is 48.5 Å². The highest BCUT2D eigenvalue weighted by molar-refractivity contribution is 5.78. The molecule has 0 saturated heterocycles. The van der Waals surface area contributed by atoms with Crippen LogP contribution < -0.4 is 10.1 Å². The minimum Gasteiger partial charge on any atom is -0.494 e. The average Bonchev–Trinajstić information content (AvgIpc) is 2.60. The van der Waals surface area contributed by atoms with Crippen molar-refractivity contribution < 1.29 is 13.9 Å².